The van der Waals surface area contributed by atoms with Gasteiger partial charge in [-0.05, 0) is 24.5 Å². The first-order valence-electron chi connectivity index (χ1n) is 6.03. The molecule has 0 bridgehead atoms. The van der Waals surface area contributed by atoms with Crippen molar-refractivity contribution in [2.24, 2.45) is 0 Å². The maximum Gasteiger partial charge on any atom is 0.416 e. The van der Waals surface area contributed by atoms with Crippen LogP contribution in [0.4, 0.5) is 13.2 Å². The fourth-order valence-corrected chi connectivity index (χ4v) is 2.02. The zero-order valence-electron chi connectivity index (χ0n) is 9.96. The molecular formula is C13H16F3NO. The highest BCUT2D eigenvalue weighted by atomic mass is 19.4. The molecule has 18 heavy (non-hydrogen) atoms. The van der Waals surface area contributed by atoms with Crippen LogP contribution in [0.1, 0.15) is 24.0 Å². The van der Waals surface area contributed by atoms with Crippen LogP contribution < -0.4 is 5.32 Å². The highest BCUT2D eigenvalue weighted by molar-refractivity contribution is 5.25. The van der Waals surface area contributed by atoms with E-state index in [0.29, 0.717) is 18.2 Å². The van der Waals surface area contributed by atoms with E-state index in [1.54, 1.807) is 6.07 Å². The molecule has 2 rings (SSSR count). The normalized spacial score (nSPS) is 17.9. The molecule has 1 heterocycles. The lowest BCUT2D eigenvalue weighted by molar-refractivity contribution is -0.137. The van der Waals surface area contributed by atoms with E-state index in [4.69, 9.17) is 4.74 Å². The van der Waals surface area contributed by atoms with Crippen LogP contribution in [-0.2, 0) is 17.5 Å². The van der Waals surface area contributed by atoms with Gasteiger partial charge < -0.3 is 10.1 Å². The number of ether oxygens (including phenoxy) is 1. The fourth-order valence-electron chi connectivity index (χ4n) is 2.02. The Labute approximate surface area is 104 Å². The second-order valence-corrected chi connectivity index (χ2v) is 4.47. The van der Waals surface area contributed by atoms with Crippen molar-refractivity contribution in [2.45, 2.75) is 31.6 Å². The molecule has 0 unspecified atom stereocenters. The largest absolute Gasteiger partial charge is 0.416 e. The van der Waals surface area contributed by atoms with Crippen LogP contribution in [0.25, 0.3) is 0 Å². The Morgan fingerprint density at radius 3 is 2.61 bits per heavy atom. The summed E-state index contributed by atoms with van der Waals surface area (Å²) in [5, 5.41) is 3.27. The number of hydrogen-bond donors (Lipinski definition) is 1. The predicted molar refractivity (Wildman–Crippen MR) is 62.1 cm³/mol. The molecule has 0 atom stereocenters. The van der Waals surface area contributed by atoms with E-state index in [2.05, 4.69) is 5.32 Å². The Bertz CT molecular complexity index is 386. The molecule has 1 aromatic rings. The van der Waals surface area contributed by atoms with Gasteiger partial charge in [0.1, 0.15) is 0 Å². The van der Waals surface area contributed by atoms with Gasteiger partial charge in [-0.3, -0.25) is 0 Å². The molecule has 100 valence electrons. The van der Waals surface area contributed by atoms with Gasteiger partial charge in [-0.15, -0.1) is 0 Å². The zero-order valence-corrected chi connectivity index (χ0v) is 9.96. The number of halogens is 3. The summed E-state index contributed by atoms with van der Waals surface area (Å²) < 4.78 is 42.8. The predicted octanol–water partition coefficient (Wildman–Crippen LogP) is 2.97. The molecule has 0 saturated carbocycles. The number of benzene rings is 1. The van der Waals surface area contributed by atoms with Crippen molar-refractivity contribution in [3.05, 3.63) is 35.4 Å². The standard InChI is InChI=1S/C13H16F3NO/c14-13(15,16)11-3-1-2-10(8-11)9-17-12-4-6-18-7-5-12/h1-3,8,12,17H,4-7,9H2. The van der Waals surface area contributed by atoms with E-state index in [1.807, 2.05) is 0 Å². The number of alkyl halides is 3. The first-order valence-corrected chi connectivity index (χ1v) is 6.03. The molecule has 0 spiro atoms. The minimum Gasteiger partial charge on any atom is -0.381 e. The highest BCUT2D eigenvalue weighted by Crippen LogP contribution is 2.29. The topological polar surface area (TPSA) is 21.3 Å². The molecular weight excluding hydrogens is 243 g/mol. The third-order valence-corrected chi connectivity index (χ3v) is 3.07. The van der Waals surface area contributed by atoms with Crippen LogP contribution in [0.5, 0.6) is 0 Å². The van der Waals surface area contributed by atoms with Gasteiger partial charge in [0.25, 0.3) is 0 Å². The Morgan fingerprint density at radius 2 is 1.94 bits per heavy atom. The van der Waals surface area contributed by atoms with E-state index < -0.39 is 11.7 Å². The second kappa shape index (κ2) is 5.71. The first kappa shape index (κ1) is 13.4. The first-order chi connectivity index (χ1) is 8.55. The average Bonchev–Trinajstić information content (AvgIpc) is 2.37. The Balaban J connectivity index is 1.92. The molecule has 1 saturated heterocycles. The van der Waals surface area contributed by atoms with Crippen LogP contribution in [0.3, 0.4) is 0 Å². The highest BCUT2D eigenvalue weighted by Gasteiger charge is 2.30. The van der Waals surface area contributed by atoms with Crippen molar-refractivity contribution in [1.82, 2.24) is 5.32 Å². The summed E-state index contributed by atoms with van der Waals surface area (Å²) >= 11 is 0. The minimum atomic E-state index is -4.27. The molecule has 1 aromatic carbocycles. The van der Waals surface area contributed by atoms with Crippen molar-refractivity contribution in [3.63, 3.8) is 0 Å². The summed E-state index contributed by atoms with van der Waals surface area (Å²) in [6.45, 7) is 1.91. The molecule has 1 fully saturated rings. The van der Waals surface area contributed by atoms with Crippen LogP contribution in [0.15, 0.2) is 24.3 Å². The van der Waals surface area contributed by atoms with Gasteiger partial charge in [-0.2, -0.15) is 13.2 Å². The molecule has 1 N–H and O–H groups in total. The lowest BCUT2D eigenvalue weighted by atomic mass is 10.1. The summed E-state index contributed by atoms with van der Waals surface area (Å²) in [5.41, 5.74) is 0.0742. The minimum absolute atomic E-state index is 0.341. The maximum atomic E-state index is 12.5. The zero-order chi connectivity index (χ0) is 13.0. The Morgan fingerprint density at radius 1 is 1.22 bits per heavy atom. The monoisotopic (exact) mass is 259 g/mol. The molecule has 1 aliphatic heterocycles. The smallest absolute Gasteiger partial charge is 0.381 e. The van der Waals surface area contributed by atoms with Crippen molar-refractivity contribution in [1.29, 1.82) is 0 Å². The molecule has 0 amide bonds. The summed E-state index contributed by atoms with van der Waals surface area (Å²) in [6.07, 6.45) is -2.44. The molecule has 0 aliphatic carbocycles. The third-order valence-electron chi connectivity index (χ3n) is 3.07. The molecule has 1 aliphatic rings. The number of nitrogens with one attached hydrogen (secondary N) is 1. The third kappa shape index (κ3) is 3.71. The van der Waals surface area contributed by atoms with Crippen LogP contribution >= 0.6 is 0 Å². The molecule has 5 heteroatoms. The summed E-state index contributed by atoms with van der Waals surface area (Å²) in [7, 11) is 0. The lowest BCUT2D eigenvalue weighted by Gasteiger charge is -2.23. The van der Waals surface area contributed by atoms with E-state index >= 15 is 0 Å². The van der Waals surface area contributed by atoms with Crippen LogP contribution in [-0.4, -0.2) is 19.3 Å². The van der Waals surface area contributed by atoms with E-state index in [0.717, 1.165) is 32.1 Å². The van der Waals surface area contributed by atoms with Crippen molar-refractivity contribution < 1.29 is 17.9 Å². The lowest BCUT2D eigenvalue weighted by Crippen LogP contribution is -2.34. The quantitative estimate of drug-likeness (QED) is 0.901. The summed E-state index contributed by atoms with van der Waals surface area (Å²) in [6, 6.07) is 5.80. The van der Waals surface area contributed by atoms with Gasteiger partial charge in [-0.1, -0.05) is 18.2 Å². The van der Waals surface area contributed by atoms with E-state index in [-0.39, 0.29) is 0 Å². The number of hydrogen-bond acceptors (Lipinski definition) is 2. The van der Waals surface area contributed by atoms with Crippen LogP contribution in [0, 0.1) is 0 Å². The van der Waals surface area contributed by atoms with Gasteiger partial charge in [0.05, 0.1) is 5.56 Å². The van der Waals surface area contributed by atoms with Crippen LogP contribution in [0.2, 0.25) is 0 Å². The van der Waals surface area contributed by atoms with Crippen molar-refractivity contribution in [2.75, 3.05) is 13.2 Å². The van der Waals surface area contributed by atoms with E-state index in [9.17, 15) is 13.2 Å². The Kier molecular flexibility index (Phi) is 4.24. The van der Waals surface area contributed by atoms with Gasteiger partial charge in [-0.25, -0.2) is 0 Å². The Hall–Kier alpha value is -1.07. The van der Waals surface area contributed by atoms with Crippen molar-refractivity contribution in [3.8, 4) is 0 Å². The van der Waals surface area contributed by atoms with Gasteiger partial charge in [0, 0.05) is 25.8 Å². The summed E-state index contributed by atoms with van der Waals surface area (Å²) in [4.78, 5) is 0. The summed E-state index contributed by atoms with van der Waals surface area (Å²) in [5.74, 6) is 0. The van der Waals surface area contributed by atoms with Crippen molar-refractivity contribution >= 4 is 0 Å². The molecule has 0 radical (unpaired) electrons. The van der Waals surface area contributed by atoms with Gasteiger partial charge >= 0.3 is 6.18 Å². The van der Waals surface area contributed by atoms with Gasteiger partial charge in [0.2, 0.25) is 0 Å². The van der Waals surface area contributed by atoms with Gasteiger partial charge in [0.15, 0.2) is 0 Å². The average molecular weight is 259 g/mol. The number of rotatable bonds is 3. The maximum absolute atomic E-state index is 12.5. The molecule has 2 nitrogen and oxygen atoms in total. The molecule has 0 aromatic heterocycles. The SMILES string of the molecule is FC(F)(F)c1cccc(CNC2CCOCC2)c1. The van der Waals surface area contributed by atoms with E-state index in [1.165, 1.54) is 12.1 Å². The second-order valence-electron chi connectivity index (χ2n) is 4.47. The fraction of sp³-hybridized carbons (Fsp3) is 0.538.